The van der Waals surface area contributed by atoms with Gasteiger partial charge in [-0.25, -0.2) is 4.79 Å². The van der Waals surface area contributed by atoms with E-state index >= 15 is 0 Å². The molecule has 2 heterocycles. The molecule has 3 rings (SSSR count). The fraction of sp³-hybridized carbons (Fsp3) is 0.645. The third-order valence-electron chi connectivity index (χ3n) is 7.64. The molecular formula is C31H47N2O7P. The topological polar surface area (TPSA) is 117 Å². The smallest absolute Gasteiger partial charge is 0.360 e. The first-order valence-corrected chi connectivity index (χ1v) is 16.5. The van der Waals surface area contributed by atoms with Crippen LogP contribution < -0.4 is 5.32 Å². The average molecular weight is 591 g/mol. The van der Waals surface area contributed by atoms with Gasteiger partial charge in [0.05, 0.1) is 41.5 Å². The van der Waals surface area contributed by atoms with Gasteiger partial charge in [-0.3, -0.25) is 14.7 Å². The van der Waals surface area contributed by atoms with Crippen molar-refractivity contribution in [3.8, 4) is 0 Å². The van der Waals surface area contributed by atoms with Crippen molar-refractivity contribution < 1.29 is 28.1 Å². The zero-order valence-electron chi connectivity index (χ0n) is 25.3. The lowest BCUT2D eigenvalue weighted by Gasteiger charge is -2.39. The van der Waals surface area contributed by atoms with Crippen LogP contribution in [0.1, 0.15) is 110 Å². The van der Waals surface area contributed by atoms with Crippen LogP contribution in [0.3, 0.4) is 0 Å². The van der Waals surface area contributed by atoms with Crippen molar-refractivity contribution in [3.05, 3.63) is 62.2 Å². The van der Waals surface area contributed by atoms with Crippen molar-refractivity contribution in [1.29, 1.82) is 0 Å². The summed E-state index contributed by atoms with van der Waals surface area (Å²) in [4.78, 5) is 24.7. The molecule has 0 bridgehead atoms. The lowest BCUT2D eigenvalue weighted by atomic mass is 9.86. The van der Waals surface area contributed by atoms with E-state index in [-0.39, 0.29) is 41.8 Å². The maximum atomic E-state index is 14.2. The van der Waals surface area contributed by atoms with Crippen LogP contribution in [0.25, 0.3) is 0 Å². The van der Waals surface area contributed by atoms with Gasteiger partial charge in [0.2, 0.25) is 0 Å². The van der Waals surface area contributed by atoms with Gasteiger partial charge in [0, 0.05) is 28.9 Å². The van der Waals surface area contributed by atoms with Crippen LogP contribution in [0.2, 0.25) is 0 Å². The van der Waals surface area contributed by atoms with E-state index in [0.717, 1.165) is 19.3 Å². The van der Waals surface area contributed by atoms with Crippen LogP contribution in [0.4, 0.5) is 5.69 Å². The minimum Gasteiger partial charge on any atom is -0.462 e. The van der Waals surface area contributed by atoms with E-state index < -0.39 is 24.4 Å². The maximum absolute atomic E-state index is 14.2. The zero-order chi connectivity index (χ0) is 30.0. The molecule has 41 heavy (non-hydrogen) atoms. The minimum absolute atomic E-state index is 0.126. The molecule has 0 amide bonds. The fourth-order valence-electron chi connectivity index (χ4n) is 5.33. The van der Waals surface area contributed by atoms with E-state index in [9.17, 15) is 19.5 Å². The highest BCUT2D eigenvalue weighted by atomic mass is 31.2. The van der Waals surface area contributed by atoms with Crippen LogP contribution in [0.15, 0.2) is 46.5 Å². The van der Waals surface area contributed by atoms with E-state index in [1.807, 2.05) is 13.8 Å². The number of rotatable bonds is 15. The van der Waals surface area contributed by atoms with Crippen molar-refractivity contribution >= 4 is 19.3 Å². The first-order valence-electron chi connectivity index (χ1n) is 15.0. The van der Waals surface area contributed by atoms with E-state index in [1.165, 1.54) is 57.1 Å². The van der Waals surface area contributed by atoms with E-state index in [1.54, 1.807) is 26.0 Å². The molecule has 0 spiro atoms. The van der Waals surface area contributed by atoms with Crippen molar-refractivity contribution in [2.24, 2.45) is 5.41 Å². The molecule has 9 nitrogen and oxygen atoms in total. The summed E-state index contributed by atoms with van der Waals surface area (Å²) in [5.41, 5.74) is 1.33. The molecule has 1 atom stereocenters. The fourth-order valence-corrected chi connectivity index (χ4v) is 7.78. The van der Waals surface area contributed by atoms with Crippen molar-refractivity contribution in [3.63, 3.8) is 0 Å². The second-order valence-electron chi connectivity index (χ2n) is 12.0. The largest absolute Gasteiger partial charge is 0.462 e. The number of nitro groups is 1. The summed E-state index contributed by atoms with van der Waals surface area (Å²) in [5, 5.41) is 15.1. The predicted octanol–water partition coefficient (Wildman–Crippen LogP) is 8.52. The second kappa shape index (κ2) is 15.1. The molecular weight excluding hydrogens is 543 g/mol. The number of nitrogens with one attached hydrogen (secondary N) is 1. The number of carbonyl (C=O) groups is 1. The number of unbranched alkanes of at least 4 members (excludes halogenated alkanes) is 9. The third kappa shape index (κ3) is 9.00. The standard InChI is InChI=1S/C31H47N2O7P/c1-6-7-8-9-10-11-12-13-14-15-19-38-30(34)27-23(2)32-24(3)29(41(37)39-21-31(4,5)22-40-41)28(27)25-17-16-18-26(20-25)33(35)36/h16-18,20,28,32H,6-15,19,21-22H2,1-5H3. The minimum atomic E-state index is -3.84. The summed E-state index contributed by atoms with van der Waals surface area (Å²) in [6.45, 7) is 10.3. The number of non-ortho nitro benzene ring substituents is 1. The highest BCUT2D eigenvalue weighted by Crippen LogP contribution is 2.66. The highest BCUT2D eigenvalue weighted by molar-refractivity contribution is 7.58. The number of ether oxygens (including phenoxy) is 1. The van der Waals surface area contributed by atoms with Gasteiger partial charge in [-0.1, -0.05) is 90.7 Å². The zero-order valence-corrected chi connectivity index (χ0v) is 26.2. The van der Waals surface area contributed by atoms with E-state index in [2.05, 4.69) is 12.2 Å². The molecule has 1 N–H and O–H groups in total. The second-order valence-corrected chi connectivity index (χ2v) is 14.0. The van der Waals surface area contributed by atoms with E-state index in [4.69, 9.17) is 13.8 Å². The van der Waals surface area contributed by atoms with Gasteiger partial charge >= 0.3 is 13.6 Å². The highest BCUT2D eigenvalue weighted by Gasteiger charge is 2.48. The number of benzene rings is 1. The Morgan fingerprint density at radius 2 is 1.61 bits per heavy atom. The molecule has 0 aliphatic carbocycles. The van der Waals surface area contributed by atoms with Gasteiger partial charge < -0.3 is 19.1 Å². The molecule has 1 aromatic carbocycles. The number of nitro benzene ring substituents is 1. The Kier molecular flexibility index (Phi) is 12.2. The van der Waals surface area contributed by atoms with Crippen LogP contribution in [0, 0.1) is 15.5 Å². The first-order chi connectivity index (χ1) is 19.5. The number of nitrogens with zero attached hydrogens (tertiary/aromatic N) is 1. The summed E-state index contributed by atoms with van der Waals surface area (Å²) < 4.78 is 31.7. The van der Waals surface area contributed by atoms with Crippen molar-refractivity contribution in [2.45, 2.75) is 105 Å². The van der Waals surface area contributed by atoms with Gasteiger partial charge in [0.25, 0.3) is 5.69 Å². The summed E-state index contributed by atoms with van der Waals surface area (Å²) in [6, 6.07) is 6.05. The van der Waals surface area contributed by atoms with Crippen molar-refractivity contribution in [2.75, 3.05) is 19.8 Å². The van der Waals surface area contributed by atoms with Crippen LogP contribution >= 0.6 is 7.60 Å². The maximum Gasteiger partial charge on any atom is 0.360 e. The SMILES string of the molecule is CCCCCCCCCCCCOC(=O)C1=C(C)NC(C)=C(P2(=O)OCC(C)(C)CO2)C1c1cccc([N+](=O)[O-])c1. The van der Waals surface area contributed by atoms with Gasteiger partial charge in [-0.05, 0) is 25.8 Å². The van der Waals surface area contributed by atoms with Crippen LogP contribution in [0.5, 0.6) is 0 Å². The van der Waals surface area contributed by atoms with Gasteiger partial charge in [0.1, 0.15) is 0 Å². The summed E-state index contributed by atoms with van der Waals surface area (Å²) in [6.07, 6.45) is 11.7. The number of hydrogen-bond acceptors (Lipinski definition) is 8. The Morgan fingerprint density at radius 1 is 1.02 bits per heavy atom. The molecule has 10 heteroatoms. The van der Waals surface area contributed by atoms with Gasteiger partial charge in [0.15, 0.2) is 0 Å². The lowest BCUT2D eigenvalue weighted by Crippen LogP contribution is -2.34. The molecule has 0 radical (unpaired) electrons. The Morgan fingerprint density at radius 3 is 2.20 bits per heavy atom. The Balaban J connectivity index is 1.75. The molecule has 1 unspecified atom stereocenters. The molecule has 2 aliphatic rings. The number of hydrogen-bond donors (Lipinski definition) is 1. The molecule has 2 aliphatic heterocycles. The summed E-state index contributed by atoms with van der Waals surface area (Å²) in [7, 11) is -3.84. The Hall–Kier alpha value is -2.48. The van der Waals surface area contributed by atoms with Crippen molar-refractivity contribution in [1.82, 2.24) is 5.32 Å². The molecule has 1 saturated heterocycles. The Bertz CT molecular complexity index is 1180. The third-order valence-corrected chi connectivity index (χ3v) is 9.76. The molecule has 0 saturated carbocycles. The number of esters is 1. The quantitative estimate of drug-likeness (QED) is 0.0710. The number of dihydropyridines is 1. The average Bonchev–Trinajstić information content (AvgIpc) is 2.93. The normalized spacial score (nSPS) is 20.1. The van der Waals surface area contributed by atoms with E-state index in [0.29, 0.717) is 17.0 Å². The first kappa shape index (κ1) is 33.0. The van der Waals surface area contributed by atoms with Crippen LogP contribution in [-0.4, -0.2) is 30.7 Å². The van der Waals surface area contributed by atoms with Gasteiger partial charge in [-0.2, -0.15) is 0 Å². The summed E-state index contributed by atoms with van der Waals surface area (Å²) >= 11 is 0. The van der Waals surface area contributed by atoms with Gasteiger partial charge in [-0.15, -0.1) is 0 Å². The monoisotopic (exact) mass is 590 g/mol. The lowest BCUT2D eigenvalue weighted by molar-refractivity contribution is -0.384. The number of carbonyl (C=O) groups excluding carboxylic acids is 1. The van der Waals surface area contributed by atoms with Crippen LogP contribution in [-0.2, 0) is 23.1 Å². The Labute approximate surface area is 244 Å². The molecule has 1 aromatic rings. The molecule has 1 fully saturated rings. The summed E-state index contributed by atoms with van der Waals surface area (Å²) in [5.74, 6) is -1.43. The molecule has 0 aromatic heterocycles. The predicted molar refractivity (Wildman–Crippen MR) is 160 cm³/mol. The molecule has 228 valence electrons. The number of allylic oxidation sites excluding steroid dienone is 3.